The van der Waals surface area contributed by atoms with E-state index >= 15 is 0 Å². The number of anilines is 2. The van der Waals surface area contributed by atoms with Gasteiger partial charge in [0, 0.05) is 12.2 Å². The largest absolute Gasteiger partial charge is 0.399 e. The Kier molecular flexibility index (Phi) is 3.74. The molecule has 90 valence electrons. The van der Waals surface area contributed by atoms with Crippen LogP contribution in [0.2, 0.25) is 0 Å². The molecule has 0 spiro atoms. The van der Waals surface area contributed by atoms with Crippen molar-refractivity contribution in [1.29, 1.82) is 0 Å². The second-order valence-corrected chi connectivity index (χ2v) is 5.06. The van der Waals surface area contributed by atoms with Gasteiger partial charge in [-0.2, -0.15) is 0 Å². The van der Waals surface area contributed by atoms with Crippen LogP contribution in [-0.2, 0) is 10.0 Å². The highest BCUT2D eigenvalue weighted by Crippen LogP contribution is 2.22. The number of aliphatic hydroxyl groups excluding tert-OH is 1. The van der Waals surface area contributed by atoms with Crippen LogP contribution in [0, 0.1) is 0 Å². The Hall–Kier alpha value is -1.31. The van der Waals surface area contributed by atoms with Gasteiger partial charge in [0.05, 0.1) is 11.8 Å². The van der Waals surface area contributed by atoms with E-state index in [1.165, 1.54) is 12.1 Å². The van der Waals surface area contributed by atoms with Crippen molar-refractivity contribution in [2.45, 2.75) is 17.9 Å². The predicted molar refractivity (Wildman–Crippen MR) is 62.4 cm³/mol. The summed E-state index contributed by atoms with van der Waals surface area (Å²) in [5, 5.41) is 16.9. The van der Waals surface area contributed by atoms with Crippen molar-refractivity contribution in [2.24, 2.45) is 5.14 Å². The van der Waals surface area contributed by atoms with Gasteiger partial charge in [-0.05, 0) is 25.1 Å². The molecule has 1 rings (SSSR count). The molecule has 0 bridgehead atoms. The molecule has 0 saturated carbocycles. The van der Waals surface area contributed by atoms with Gasteiger partial charge in [-0.3, -0.25) is 0 Å². The first-order valence-electron chi connectivity index (χ1n) is 4.65. The molecule has 0 aromatic heterocycles. The maximum absolute atomic E-state index is 11.3. The molecule has 16 heavy (non-hydrogen) atoms. The lowest BCUT2D eigenvalue weighted by Crippen LogP contribution is -2.19. The zero-order valence-corrected chi connectivity index (χ0v) is 9.66. The van der Waals surface area contributed by atoms with Crippen molar-refractivity contribution >= 4 is 21.4 Å². The van der Waals surface area contributed by atoms with Crippen LogP contribution in [0.15, 0.2) is 23.1 Å². The van der Waals surface area contributed by atoms with Gasteiger partial charge in [-0.1, -0.05) is 0 Å². The number of rotatable bonds is 4. The number of benzene rings is 1. The Morgan fingerprint density at radius 3 is 2.62 bits per heavy atom. The Morgan fingerprint density at radius 2 is 2.12 bits per heavy atom. The number of nitrogens with two attached hydrogens (primary N) is 2. The number of hydrogen-bond donors (Lipinski definition) is 4. The summed E-state index contributed by atoms with van der Waals surface area (Å²) in [5.74, 6) is 0. The summed E-state index contributed by atoms with van der Waals surface area (Å²) < 4.78 is 22.5. The van der Waals surface area contributed by atoms with Gasteiger partial charge < -0.3 is 16.2 Å². The van der Waals surface area contributed by atoms with E-state index in [1.54, 1.807) is 13.0 Å². The lowest BCUT2D eigenvalue weighted by molar-refractivity contribution is 0.208. The van der Waals surface area contributed by atoms with Crippen molar-refractivity contribution in [1.82, 2.24) is 0 Å². The lowest BCUT2D eigenvalue weighted by atomic mass is 10.2. The molecule has 0 heterocycles. The highest BCUT2D eigenvalue weighted by molar-refractivity contribution is 7.89. The molecule has 0 aliphatic carbocycles. The van der Waals surface area contributed by atoms with E-state index in [2.05, 4.69) is 5.32 Å². The van der Waals surface area contributed by atoms with Crippen LogP contribution in [-0.4, -0.2) is 26.2 Å². The smallest absolute Gasteiger partial charge is 0.240 e. The second kappa shape index (κ2) is 4.69. The van der Waals surface area contributed by atoms with Gasteiger partial charge in [0.25, 0.3) is 0 Å². The molecule has 0 aliphatic heterocycles. The molecule has 6 N–H and O–H groups in total. The zero-order valence-electron chi connectivity index (χ0n) is 8.84. The molecule has 1 atom stereocenters. The molecule has 0 amide bonds. The summed E-state index contributed by atoms with van der Waals surface area (Å²) in [6.45, 7) is 1.81. The van der Waals surface area contributed by atoms with Crippen molar-refractivity contribution in [2.75, 3.05) is 17.6 Å². The van der Waals surface area contributed by atoms with Gasteiger partial charge in [-0.25, -0.2) is 13.6 Å². The molecule has 0 fully saturated rings. The van der Waals surface area contributed by atoms with Crippen LogP contribution in [0.4, 0.5) is 11.4 Å². The molecule has 7 heteroatoms. The third-order valence-corrected chi connectivity index (χ3v) is 2.85. The standard InChI is InChI=1S/C9H15N3O3S/c1-6(13)5-12-8-3-2-7(10)4-9(8)16(11,14)15/h2-4,6,12-13H,5,10H2,1H3,(H2,11,14,15). The first-order valence-corrected chi connectivity index (χ1v) is 6.19. The summed E-state index contributed by atoms with van der Waals surface area (Å²) in [6, 6.07) is 4.34. The minimum Gasteiger partial charge on any atom is -0.399 e. The second-order valence-electron chi connectivity index (χ2n) is 3.53. The fourth-order valence-electron chi connectivity index (χ4n) is 1.18. The average Bonchev–Trinajstić information content (AvgIpc) is 2.14. The van der Waals surface area contributed by atoms with Gasteiger partial charge in [0.2, 0.25) is 10.0 Å². The number of nitrogen functional groups attached to an aromatic ring is 1. The Morgan fingerprint density at radius 1 is 1.50 bits per heavy atom. The van der Waals surface area contributed by atoms with E-state index in [0.717, 1.165) is 0 Å². The van der Waals surface area contributed by atoms with E-state index < -0.39 is 16.1 Å². The maximum Gasteiger partial charge on any atom is 0.240 e. The molecule has 1 unspecified atom stereocenters. The van der Waals surface area contributed by atoms with Crippen molar-refractivity contribution in [3.05, 3.63) is 18.2 Å². The van der Waals surface area contributed by atoms with Gasteiger partial charge in [0.15, 0.2) is 0 Å². The molecule has 0 aliphatic rings. The Balaban J connectivity index is 3.09. The highest BCUT2D eigenvalue weighted by Gasteiger charge is 2.14. The number of aliphatic hydroxyl groups is 1. The normalized spacial score (nSPS) is 13.4. The number of nitrogens with one attached hydrogen (secondary N) is 1. The van der Waals surface area contributed by atoms with Gasteiger partial charge in [-0.15, -0.1) is 0 Å². The van der Waals surface area contributed by atoms with Crippen LogP contribution in [0.1, 0.15) is 6.92 Å². The van der Waals surface area contributed by atoms with Gasteiger partial charge >= 0.3 is 0 Å². The monoisotopic (exact) mass is 245 g/mol. The van der Waals surface area contributed by atoms with Crippen molar-refractivity contribution < 1.29 is 13.5 Å². The molecule has 0 radical (unpaired) electrons. The first kappa shape index (κ1) is 12.8. The van der Waals surface area contributed by atoms with E-state index in [4.69, 9.17) is 16.0 Å². The molecular weight excluding hydrogens is 230 g/mol. The Labute approximate surface area is 94.3 Å². The van der Waals surface area contributed by atoms with Crippen LogP contribution in [0.3, 0.4) is 0 Å². The maximum atomic E-state index is 11.3. The third kappa shape index (κ3) is 3.37. The van der Waals surface area contributed by atoms with Crippen LogP contribution < -0.4 is 16.2 Å². The first-order chi connectivity index (χ1) is 7.30. The number of sulfonamides is 1. The lowest BCUT2D eigenvalue weighted by Gasteiger charge is -2.12. The van der Waals surface area contributed by atoms with Crippen LogP contribution >= 0.6 is 0 Å². The third-order valence-electron chi connectivity index (χ3n) is 1.90. The number of primary sulfonamides is 1. The molecule has 6 nitrogen and oxygen atoms in total. The Bertz CT molecular complexity index is 471. The fourth-order valence-corrected chi connectivity index (χ4v) is 1.93. The molecule has 0 saturated heterocycles. The molecular formula is C9H15N3O3S. The summed E-state index contributed by atoms with van der Waals surface area (Å²) >= 11 is 0. The van der Waals surface area contributed by atoms with Crippen LogP contribution in [0.5, 0.6) is 0 Å². The quantitative estimate of drug-likeness (QED) is 0.543. The average molecular weight is 245 g/mol. The van der Waals surface area contributed by atoms with E-state index in [0.29, 0.717) is 11.4 Å². The number of hydrogen-bond acceptors (Lipinski definition) is 5. The van der Waals surface area contributed by atoms with Gasteiger partial charge in [0.1, 0.15) is 4.90 Å². The molecule has 1 aromatic rings. The summed E-state index contributed by atoms with van der Waals surface area (Å²) in [4.78, 5) is -0.0758. The van der Waals surface area contributed by atoms with Crippen molar-refractivity contribution in [3.8, 4) is 0 Å². The van der Waals surface area contributed by atoms with E-state index in [9.17, 15) is 8.42 Å². The summed E-state index contributed by atoms with van der Waals surface area (Å²) in [7, 11) is -3.83. The fraction of sp³-hybridized carbons (Fsp3) is 0.333. The summed E-state index contributed by atoms with van der Waals surface area (Å²) in [5.41, 5.74) is 6.13. The van der Waals surface area contributed by atoms with Crippen LogP contribution in [0.25, 0.3) is 0 Å². The SMILES string of the molecule is CC(O)CNc1ccc(N)cc1S(N)(=O)=O. The minimum absolute atomic E-state index is 0.0758. The predicted octanol–water partition coefficient (Wildman–Crippen LogP) is -0.291. The van der Waals surface area contributed by atoms with E-state index in [-0.39, 0.29) is 11.4 Å². The highest BCUT2D eigenvalue weighted by atomic mass is 32.2. The zero-order chi connectivity index (χ0) is 12.3. The minimum atomic E-state index is -3.83. The van der Waals surface area contributed by atoms with Crippen molar-refractivity contribution in [3.63, 3.8) is 0 Å². The topological polar surface area (TPSA) is 118 Å². The summed E-state index contributed by atoms with van der Waals surface area (Å²) in [6.07, 6.45) is -0.592. The molecule has 1 aromatic carbocycles. The van der Waals surface area contributed by atoms with E-state index in [1.807, 2.05) is 0 Å².